The van der Waals surface area contributed by atoms with Crippen LogP contribution in [0.25, 0.3) is 0 Å². The third-order valence-corrected chi connectivity index (χ3v) is 5.23. The Labute approximate surface area is 182 Å². The van der Waals surface area contributed by atoms with Crippen LogP contribution in [0.15, 0.2) is 18.2 Å². The minimum absolute atomic E-state index is 0.0332. The number of nitrogens with zero attached hydrogens (tertiary/aromatic N) is 1. The fourth-order valence-electron chi connectivity index (χ4n) is 3.06. The van der Waals surface area contributed by atoms with Gasteiger partial charge < -0.3 is 20.3 Å². The molecule has 1 fully saturated rings. The molecular weight excluding hydrogens is 428 g/mol. The van der Waals surface area contributed by atoms with Crippen molar-refractivity contribution < 1.29 is 38.9 Å². The molecule has 168 valence electrons. The first-order valence-corrected chi connectivity index (χ1v) is 10.2. The molecular formula is C20H24N2O8S. The molecule has 0 unspecified atom stereocenters. The standard InChI is InChI=1S/C20H24N2O8S/c1-10(23)31-14-8-15(22(9-14)19(29)30-20(2,3)4)16(24)21-13-6-11(17(25)26)5-12(7-13)18(27)28/h5-7,14-15H,8-9H2,1-4H3,(H,21,24)(H,25,26)(H,27,28)/t14-,15-/m0/s1. The van der Waals surface area contributed by atoms with Crippen molar-refractivity contribution in [2.75, 3.05) is 11.9 Å². The van der Waals surface area contributed by atoms with Crippen molar-refractivity contribution >= 4 is 46.5 Å². The number of thioether (sulfide) groups is 1. The average Bonchev–Trinajstić information content (AvgIpc) is 3.03. The fraction of sp³-hybridized carbons (Fsp3) is 0.450. The molecule has 1 aromatic rings. The van der Waals surface area contributed by atoms with E-state index in [1.54, 1.807) is 20.8 Å². The van der Waals surface area contributed by atoms with E-state index in [0.29, 0.717) is 0 Å². The number of hydrogen-bond acceptors (Lipinski definition) is 7. The Bertz CT molecular complexity index is 892. The lowest BCUT2D eigenvalue weighted by Gasteiger charge is -2.28. The van der Waals surface area contributed by atoms with Gasteiger partial charge in [0.15, 0.2) is 5.12 Å². The van der Waals surface area contributed by atoms with Gasteiger partial charge in [-0.2, -0.15) is 0 Å². The van der Waals surface area contributed by atoms with Crippen LogP contribution in [-0.2, 0) is 14.3 Å². The first kappa shape index (κ1) is 24.2. The number of amides is 2. The van der Waals surface area contributed by atoms with Gasteiger partial charge in [-0.15, -0.1) is 0 Å². The molecule has 1 aliphatic rings. The largest absolute Gasteiger partial charge is 0.478 e. The van der Waals surface area contributed by atoms with Gasteiger partial charge in [0.1, 0.15) is 11.6 Å². The lowest BCUT2D eigenvalue weighted by atomic mass is 10.1. The number of likely N-dealkylation sites (tertiary alicyclic amines) is 1. The second kappa shape index (κ2) is 9.38. The molecule has 1 heterocycles. The molecule has 1 saturated heterocycles. The van der Waals surface area contributed by atoms with E-state index in [-0.39, 0.29) is 40.1 Å². The summed E-state index contributed by atoms with van der Waals surface area (Å²) in [7, 11) is 0. The molecule has 2 rings (SSSR count). The number of rotatable bonds is 5. The third-order valence-electron chi connectivity index (χ3n) is 4.22. The number of benzene rings is 1. The van der Waals surface area contributed by atoms with Gasteiger partial charge in [-0.05, 0) is 45.4 Å². The molecule has 0 aliphatic carbocycles. The van der Waals surface area contributed by atoms with Crippen LogP contribution in [0.5, 0.6) is 0 Å². The zero-order valence-corrected chi connectivity index (χ0v) is 18.3. The summed E-state index contributed by atoms with van der Waals surface area (Å²) in [5, 5.41) is 20.4. The molecule has 0 radical (unpaired) electrons. The van der Waals surface area contributed by atoms with Gasteiger partial charge in [-0.3, -0.25) is 14.5 Å². The van der Waals surface area contributed by atoms with Crippen molar-refractivity contribution in [2.45, 2.75) is 51.0 Å². The molecule has 2 amide bonds. The van der Waals surface area contributed by atoms with Crippen LogP contribution >= 0.6 is 11.8 Å². The number of carbonyl (C=O) groups excluding carboxylic acids is 3. The first-order valence-electron chi connectivity index (χ1n) is 9.36. The van der Waals surface area contributed by atoms with Crippen LogP contribution < -0.4 is 5.32 Å². The molecule has 0 spiro atoms. The summed E-state index contributed by atoms with van der Waals surface area (Å²) in [4.78, 5) is 60.8. The molecule has 3 N–H and O–H groups in total. The zero-order chi connectivity index (χ0) is 23.5. The number of nitrogens with one attached hydrogen (secondary N) is 1. The van der Waals surface area contributed by atoms with Crippen molar-refractivity contribution in [2.24, 2.45) is 0 Å². The van der Waals surface area contributed by atoms with Crippen LogP contribution in [0.4, 0.5) is 10.5 Å². The van der Waals surface area contributed by atoms with Crippen LogP contribution in [-0.4, -0.2) is 67.6 Å². The van der Waals surface area contributed by atoms with Crippen molar-refractivity contribution in [1.29, 1.82) is 0 Å². The number of carboxylic acid groups (broad SMARTS) is 2. The van der Waals surface area contributed by atoms with Gasteiger partial charge in [0.05, 0.1) is 11.1 Å². The highest BCUT2D eigenvalue weighted by atomic mass is 32.2. The van der Waals surface area contributed by atoms with Gasteiger partial charge in [0.25, 0.3) is 0 Å². The lowest BCUT2D eigenvalue weighted by Crippen LogP contribution is -2.45. The summed E-state index contributed by atoms with van der Waals surface area (Å²) in [5.41, 5.74) is -1.45. The summed E-state index contributed by atoms with van der Waals surface area (Å²) in [6, 6.07) is 2.25. The molecule has 10 nitrogen and oxygen atoms in total. The van der Waals surface area contributed by atoms with E-state index < -0.39 is 35.6 Å². The number of ether oxygens (including phenoxy) is 1. The maximum absolute atomic E-state index is 12.9. The molecule has 0 aromatic heterocycles. The third kappa shape index (κ3) is 6.71. The van der Waals surface area contributed by atoms with Gasteiger partial charge in [0.2, 0.25) is 5.91 Å². The SMILES string of the molecule is CC(=O)S[C@H]1C[C@@H](C(=O)Nc2cc(C(=O)O)cc(C(=O)O)c2)N(C(=O)OC(C)(C)C)C1. The maximum atomic E-state index is 12.9. The van der Waals surface area contributed by atoms with E-state index in [0.717, 1.165) is 30.0 Å². The first-order chi connectivity index (χ1) is 14.3. The predicted molar refractivity (Wildman–Crippen MR) is 112 cm³/mol. The van der Waals surface area contributed by atoms with E-state index in [9.17, 15) is 34.2 Å². The topological polar surface area (TPSA) is 150 Å². The van der Waals surface area contributed by atoms with E-state index in [2.05, 4.69) is 5.32 Å². The molecule has 11 heteroatoms. The van der Waals surface area contributed by atoms with Crippen molar-refractivity contribution in [3.63, 3.8) is 0 Å². The molecule has 0 saturated carbocycles. The fourth-order valence-corrected chi connectivity index (χ4v) is 4.04. The molecule has 1 aliphatic heterocycles. The second-order valence-corrected chi connectivity index (χ2v) is 9.49. The number of anilines is 1. The Morgan fingerprint density at radius 1 is 1.06 bits per heavy atom. The van der Waals surface area contributed by atoms with Gasteiger partial charge in [0, 0.05) is 24.4 Å². The summed E-state index contributed by atoms with van der Waals surface area (Å²) in [5.74, 6) is -3.35. The maximum Gasteiger partial charge on any atom is 0.411 e. The Morgan fingerprint density at radius 3 is 2.06 bits per heavy atom. The highest BCUT2D eigenvalue weighted by Gasteiger charge is 2.42. The van der Waals surface area contributed by atoms with Gasteiger partial charge in [-0.1, -0.05) is 11.8 Å². The molecule has 31 heavy (non-hydrogen) atoms. The number of carboxylic acids is 2. The highest BCUT2D eigenvalue weighted by molar-refractivity contribution is 8.14. The summed E-state index contributed by atoms with van der Waals surface area (Å²) in [6.45, 7) is 6.56. The molecule has 0 bridgehead atoms. The Kier molecular flexibility index (Phi) is 7.32. The minimum Gasteiger partial charge on any atom is -0.478 e. The van der Waals surface area contributed by atoms with E-state index in [1.807, 2.05) is 0 Å². The van der Waals surface area contributed by atoms with Gasteiger partial charge >= 0.3 is 18.0 Å². The van der Waals surface area contributed by atoms with E-state index in [1.165, 1.54) is 11.8 Å². The number of aromatic carboxylic acids is 2. The second-order valence-electron chi connectivity index (χ2n) is 8.01. The molecule has 2 atom stereocenters. The minimum atomic E-state index is -1.35. The quantitative estimate of drug-likeness (QED) is 0.612. The van der Waals surface area contributed by atoms with Crippen molar-refractivity contribution in [3.05, 3.63) is 29.3 Å². The highest BCUT2D eigenvalue weighted by Crippen LogP contribution is 2.30. The zero-order valence-electron chi connectivity index (χ0n) is 17.5. The van der Waals surface area contributed by atoms with Crippen LogP contribution in [0.3, 0.4) is 0 Å². The summed E-state index contributed by atoms with van der Waals surface area (Å²) < 4.78 is 5.36. The smallest absolute Gasteiger partial charge is 0.411 e. The average molecular weight is 452 g/mol. The summed E-state index contributed by atoms with van der Waals surface area (Å²) in [6.07, 6.45) is -0.537. The van der Waals surface area contributed by atoms with Crippen LogP contribution in [0, 0.1) is 0 Å². The lowest BCUT2D eigenvalue weighted by molar-refractivity contribution is -0.120. The molecule has 1 aromatic carbocycles. The van der Waals surface area contributed by atoms with E-state index in [4.69, 9.17) is 4.74 Å². The summed E-state index contributed by atoms with van der Waals surface area (Å²) >= 11 is 1.02. The number of hydrogen-bond donors (Lipinski definition) is 3. The van der Waals surface area contributed by atoms with Crippen LogP contribution in [0.1, 0.15) is 54.8 Å². The Morgan fingerprint density at radius 2 is 1.61 bits per heavy atom. The van der Waals surface area contributed by atoms with Crippen molar-refractivity contribution in [1.82, 2.24) is 4.90 Å². The monoisotopic (exact) mass is 452 g/mol. The van der Waals surface area contributed by atoms with E-state index >= 15 is 0 Å². The Hall–Kier alpha value is -3.08. The predicted octanol–water partition coefficient (Wildman–Crippen LogP) is 2.68. The van der Waals surface area contributed by atoms with Gasteiger partial charge in [-0.25, -0.2) is 14.4 Å². The van der Waals surface area contributed by atoms with Crippen LogP contribution in [0.2, 0.25) is 0 Å². The normalized spacial score (nSPS) is 18.4. The number of carbonyl (C=O) groups is 5. The Balaban J connectivity index is 2.29. The van der Waals surface area contributed by atoms with Crippen molar-refractivity contribution in [3.8, 4) is 0 Å².